The minimum absolute atomic E-state index is 0.0107. The minimum Gasteiger partial charge on any atom is -0.396 e. The van der Waals surface area contributed by atoms with Crippen LogP contribution in [-0.2, 0) is 9.53 Å². The van der Waals surface area contributed by atoms with E-state index in [4.69, 9.17) is 9.84 Å². The molecule has 4 nitrogen and oxygen atoms in total. The Morgan fingerprint density at radius 2 is 2.38 bits per heavy atom. The van der Waals surface area contributed by atoms with Gasteiger partial charge in [-0.25, -0.2) is 0 Å². The molecule has 0 aromatic carbocycles. The first-order chi connectivity index (χ1) is 7.77. The van der Waals surface area contributed by atoms with E-state index in [0.717, 1.165) is 32.1 Å². The van der Waals surface area contributed by atoms with Crippen molar-refractivity contribution in [2.24, 2.45) is 5.92 Å². The summed E-state index contributed by atoms with van der Waals surface area (Å²) in [4.78, 5) is 11.7. The van der Waals surface area contributed by atoms with Crippen molar-refractivity contribution in [2.75, 3.05) is 19.8 Å². The van der Waals surface area contributed by atoms with E-state index in [1.165, 1.54) is 0 Å². The molecule has 1 rings (SSSR count). The summed E-state index contributed by atoms with van der Waals surface area (Å²) in [6, 6.07) is 0. The quantitative estimate of drug-likeness (QED) is 0.687. The Morgan fingerprint density at radius 3 is 2.94 bits per heavy atom. The van der Waals surface area contributed by atoms with Gasteiger partial charge in [-0.1, -0.05) is 13.3 Å². The number of amides is 1. The third kappa shape index (κ3) is 4.49. The maximum Gasteiger partial charge on any atom is 0.249 e. The lowest BCUT2D eigenvalue weighted by atomic mass is 10.00. The van der Waals surface area contributed by atoms with Crippen LogP contribution < -0.4 is 5.32 Å². The molecule has 0 bridgehead atoms. The Balaban J connectivity index is 2.21. The molecule has 1 aliphatic rings. The molecule has 4 heteroatoms. The zero-order valence-corrected chi connectivity index (χ0v) is 10.1. The van der Waals surface area contributed by atoms with Gasteiger partial charge in [-0.3, -0.25) is 4.79 Å². The molecule has 16 heavy (non-hydrogen) atoms. The van der Waals surface area contributed by atoms with E-state index in [9.17, 15) is 4.79 Å². The molecule has 0 aliphatic carbocycles. The summed E-state index contributed by atoms with van der Waals surface area (Å²) in [5, 5.41) is 11.8. The van der Waals surface area contributed by atoms with Gasteiger partial charge in [0.2, 0.25) is 5.91 Å². The van der Waals surface area contributed by atoms with Gasteiger partial charge in [0.15, 0.2) is 0 Å². The Bertz CT molecular complexity index is 196. The van der Waals surface area contributed by atoms with E-state index in [1.54, 1.807) is 0 Å². The topological polar surface area (TPSA) is 58.6 Å². The molecule has 0 radical (unpaired) electrons. The first kappa shape index (κ1) is 13.5. The number of carbonyl (C=O) groups excluding carboxylic acids is 1. The van der Waals surface area contributed by atoms with Crippen molar-refractivity contribution in [3.05, 3.63) is 0 Å². The summed E-state index contributed by atoms with van der Waals surface area (Å²) in [7, 11) is 0. The first-order valence-corrected chi connectivity index (χ1v) is 6.28. The Labute approximate surface area is 97.4 Å². The number of carbonyl (C=O) groups is 1. The highest BCUT2D eigenvalue weighted by atomic mass is 16.5. The average Bonchev–Trinajstić information content (AvgIpc) is 2.79. The molecule has 0 aromatic rings. The molecule has 1 saturated heterocycles. The lowest BCUT2D eigenvalue weighted by molar-refractivity contribution is -0.130. The molecule has 1 amide bonds. The highest BCUT2D eigenvalue weighted by Crippen LogP contribution is 2.13. The predicted octanol–water partition coefficient (Wildman–Crippen LogP) is 1.08. The number of aliphatic hydroxyl groups is 1. The second-order valence-electron chi connectivity index (χ2n) is 4.41. The molecule has 94 valence electrons. The summed E-state index contributed by atoms with van der Waals surface area (Å²) >= 11 is 0. The van der Waals surface area contributed by atoms with Crippen LogP contribution in [0.4, 0.5) is 0 Å². The number of ether oxygens (including phenoxy) is 1. The van der Waals surface area contributed by atoms with E-state index < -0.39 is 0 Å². The fourth-order valence-electron chi connectivity index (χ4n) is 2.08. The Morgan fingerprint density at radius 1 is 1.56 bits per heavy atom. The standard InChI is InChI=1S/C12H23NO3/c1-2-4-10(6-7-14)9-13-12(15)11-5-3-8-16-11/h10-11,14H,2-9H2,1H3,(H,13,15). The summed E-state index contributed by atoms with van der Waals surface area (Å²) in [5.74, 6) is 0.400. The molecular weight excluding hydrogens is 206 g/mol. The smallest absolute Gasteiger partial charge is 0.249 e. The van der Waals surface area contributed by atoms with Gasteiger partial charge in [0.1, 0.15) is 6.10 Å². The van der Waals surface area contributed by atoms with Gasteiger partial charge in [0, 0.05) is 19.8 Å². The van der Waals surface area contributed by atoms with Crippen LogP contribution in [0.1, 0.15) is 39.0 Å². The van der Waals surface area contributed by atoms with Gasteiger partial charge in [0.25, 0.3) is 0 Å². The van der Waals surface area contributed by atoms with Crippen molar-refractivity contribution in [3.8, 4) is 0 Å². The number of aliphatic hydroxyl groups excluding tert-OH is 1. The summed E-state index contributed by atoms with van der Waals surface area (Å²) < 4.78 is 5.31. The van der Waals surface area contributed by atoms with Crippen molar-refractivity contribution < 1.29 is 14.6 Å². The lowest BCUT2D eigenvalue weighted by Crippen LogP contribution is -2.37. The molecule has 1 heterocycles. The Hall–Kier alpha value is -0.610. The molecule has 0 aromatic heterocycles. The largest absolute Gasteiger partial charge is 0.396 e. The van der Waals surface area contributed by atoms with Gasteiger partial charge in [-0.15, -0.1) is 0 Å². The first-order valence-electron chi connectivity index (χ1n) is 6.28. The fourth-order valence-corrected chi connectivity index (χ4v) is 2.08. The van der Waals surface area contributed by atoms with E-state index in [0.29, 0.717) is 19.1 Å². The normalized spacial score (nSPS) is 22.0. The molecule has 2 N–H and O–H groups in total. The maximum atomic E-state index is 11.7. The van der Waals surface area contributed by atoms with E-state index in [1.807, 2.05) is 0 Å². The average molecular weight is 229 g/mol. The number of hydrogen-bond donors (Lipinski definition) is 2. The second kappa shape index (κ2) is 7.63. The maximum absolute atomic E-state index is 11.7. The predicted molar refractivity (Wildman–Crippen MR) is 62.1 cm³/mol. The zero-order chi connectivity index (χ0) is 11.8. The third-order valence-electron chi connectivity index (χ3n) is 3.02. The third-order valence-corrected chi connectivity index (χ3v) is 3.02. The minimum atomic E-state index is -0.239. The number of nitrogens with one attached hydrogen (secondary N) is 1. The molecule has 0 saturated carbocycles. The summed E-state index contributed by atoms with van der Waals surface area (Å²) in [6.07, 6.45) is 4.47. The lowest BCUT2D eigenvalue weighted by Gasteiger charge is -2.17. The van der Waals surface area contributed by atoms with Crippen molar-refractivity contribution in [2.45, 2.75) is 45.1 Å². The van der Waals surface area contributed by atoms with E-state index >= 15 is 0 Å². The molecule has 2 unspecified atom stereocenters. The van der Waals surface area contributed by atoms with Gasteiger partial charge < -0.3 is 15.2 Å². The second-order valence-corrected chi connectivity index (χ2v) is 4.41. The van der Waals surface area contributed by atoms with Crippen LogP contribution in [0.15, 0.2) is 0 Å². The van der Waals surface area contributed by atoms with Crippen molar-refractivity contribution in [1.82, 2.24) is 5.32 Å². The van der Waals surface area contributed by atoms with Crippen LogP contribution >= 0.6 is 0 Å². The highest BCUT2D eigenvalue weighted by Gasteiger charge is 2.23. The van der Waals surface area contributed by atoms with Gasteiger partial charge in [-0.05, 0) is 31.6 Å². The van der Waals surface area contributed by atoms with Crippen LogP contribution in [0.3, 0.4) is 0 Å². The zero-order valence-electron chi connectivity index (χ0n) is 10.1. The summed E-state index contributed by atoms with van der Waals surface area (Å²) in [6.45, 7) is 3.67. The van der Waals surface area contributed by atoms with Gasteiger partial charge in [0.05, 0.1) is 0 Å². The van der Waals surface area contributed by atoms with Crippen LogP contribution in [0.25, 0.3) is 0 Å². The van der Waals surface area contributed by atoms with Crippen LogP contribution in [0.5, 0.6) is 0 Å². The molecule has 0 spiro atoms. The molecular formula is C12H23NO3. The van der Waals surface area contributed by atoms with Crippen molar-refractivity contribution >= 4 is 5.91 Å². The summed E-state index contributed by atoms with van der Waals surface area (Å²) in [5.41, 5.74) is 0. The molecule has 2 atom stereocenters. The Kier molecular flexibility index (Phi) is 6.42. The van der Waals surface area contributed by atoms with Crippen LogP contribution in [0.2, 0.25) is 0 Å². The van der Waals surface area contributed by atoms with Crippen molar-refractivity contribution in [1.29, 1.82) is 0 Å². The van der Waals surface area contributed by atoms with Gasteiger partial charge in [-0.2, -0.15) is 0 Å². The number of hydrogen-bond acceptors (Lipinski definition) is 3. The fraction of sp³-hybridized carbons (Fsp3) is 0.917. The van der Waals surface area contributed by atoms with Crippen molar-refractivity contribution in [3.63, 3.8) is 0 Å². The highest BCUT2D eigenvalue weighted by molar-refractivity contribution is 5.80. The van der Waals surface area contributed by atoms with Crippen LogP contribution in [-0.4, -0.2) is 36.9 Å². The molecule has 1 fully saturated rings. The van der Waals surface area contributed by atoms with Gasteiger partial charge >= 0.3 is 0 Å². The monoisotopic (exact) mass is 229 g/mol. The SMILES string of the molecule is CCCC(CCO)CNC(=O)C1CCCO1. The number of rotatable bonds is 7. The molecule has 1 aliphatic heterocycles. The van der Waals surface area contributed by atoms with E-state index in [-0.39, 0.29) is 18.6 Å². The van der Waals surface area contributed by atoms with Crippen LogP contribution in [0, 0.1) is 5.92 Å². The van der Waals surface area contributed by atoms with E-state index in [2.05, 4.69) is 12.2 Å².